The zero-order valence-corrected chi connectivity index (χ0v) is 13.9. The van der Waals surface area contributed by atoms with Crippen molar-refractivity contribution in [3.05, 3.63) is 23.0 Å². The summed E-state index contributed by atoms with van der Waals surface area (Å²) in [5.74, 6) is -0.940. The highest BCUT2D eigenvalue weighted by molar-refractivity contribution is 6.09. The van der Waals surface area contributed by atoms with Crippen molar-refractivity contribution in [2.45, 2.75) is 45.5 Å². The quantitative estimate of drug-likeness (QED) is 0.613. The summed E-state index contributed by atoms with van der Waals surface area (Å²) in [6.45, 7) is 1.77. The van der Waals surface area contributed by atoms with Crippen molar-refractivity contribution in [2.24, 2.45) is 0 Å². The zero-order valence-electron chi connectivity index (χ0n) is 13.9. The van der Waals surface area contributed by atoms with Crippen LogP contribution in [0, 0.1) is 13.8 Å². The van der Waals surface area contributed by atoms with Crippen LogP contribution < -0.4 is 0 Å². The SMILES string of the molecule is Cc1cc(C(=O)CN2C(=O)[C@@H]3CCCN3C2=O)c(C)n1CC(F)(F)F. The second-order valence-electron chi connectivity index (χ2n) is 6.47. The highest BCUT2D eigenvalue weighted by Gasteiger charge is 2.47. The molecule has 2 aliphatic heterocycles. The maximum absolute atomic E-state index is 12.7. The molecular formula is C16H18F3N3O3. The van der Waals surface area contributed by atoms with Crippen molar-refractivity contribution >= 4 is 17.7 Å². The molecule has 136 valence electrons. The Balaban J connectivity index is 1.79. The molecule has 3 amide bonds. The Morgan fingerprint density at radius 1 is 1.28 bits per heavy atom. The maximum Gasteiger partial charge on any atom is 0.406 e. The smallest absolute Gasteiger partial charge is 0.339 e. The molecule has 1 aromatic heterocycles. The van der Waals surface area contributed by atoms with Gasteiger partial charge in [0.05, 0.1) is 6.54 Å². The molecule has 2 aliphatic rings. The van der Waals surface area contributed by atoms with E-state index in [1.54, 1.807) is 0 Å². The van der Waals surface area contributed by atoms with E-state index in [2.05, 4.69) is 0 Å². The molecule has 0 unspecified atom stereocenters. The molecule has 3 heterocycles. The largest absolute Gasteiger partial charge is 0.406 e. The van der Waals surface area contributed by atoms with Crippen molar-refractivity contribution in [3.8, 4) is 0 Å². The molecule has 0 saturated carbocycles. The minimum Gasteiger partial charge on any atom is -0.339 e. The van der Waals surface area contributed by atoms with Gasteiger partial charge in [-0.05, 0) is 32.8 Å². The summed E-state index contributed by atoms with van der Waals surface area (Å²) < 4.78 is 39.0. The second-order valence-corrected chi connectivity index (χ2v) is 6.47. The zero-order chi connectivity index (χ0) is 18.5. The number of carbonyl (C=O) groups excluding carboxylic acids is 3. The Kier molecular flexibility index (Phi) is 4.12. The second kappa shape index (κ2) is 5.89. The van der Waals surface area contributed by atoms with Crippen LogP contribution in [0.3, 0.4) is 0 Å². The topological polar surface area (TPSA) is 62.6 Å². The third kappa shape index (κ3) is 3.03. The Morgan fingerprint density at radius 3 is 2.56 bits per heavy atom. The standard InChI is InChI=1S/C16H18F3N3O3/c1-9-6-11(10(2)22(9)8-16(17,18)19)13(23)7-21-14(24)12-4-3-5-20(12)15(21)25/h6,12H,3-5,7-8H2,1-2H3/t12-/m0/s1. The Labute approximate surface area is 142 Å². The van der Waals surface area contributed by atoms with Crippen LogP contribution >= 0.6 is 0 Å². The van der Waals surface area contributed by atoms with Gasteiger partial charge in [-0.3, -0.25) is 14.5 Å². The fraction of sp³-hybridized carbons (Fsp3) is 0.562. The van der Waals surface area contributed by atoms with Gasteiger partial charge in [0.25, 0.3) is 5.91 Å². The van der Waals surface area contributed by atoms with E-state index in [1.165, 1.54) is 24.8 Å². The monoisotopic (exact) mass is 357 g/mol. The van der Waals surface area contributed by atoms with Gasteiger partial charge in [-0.25, -0.2) is 4.79 Å². The first-order valence-electron chi connectivity index (χ1n) is 7.99. The van der Waals surface area contributed by atoms with Gasteiger partial charge in [0.1, 0.15) is 12.6 Å². The molecule has 2 saturated heterocycles. The first kappa shape index (κ1) is 17.5. The minimum absolute atomic E-state index is 0.106. The van der Waals surface area contributed by atoms with E-state index in [0.717, 1.165) is 15.9 Å². The fourth-order valence-electron chi connectivity index (χ4n) is 3.56. The summed E-state index contributed by atoms with van der Waals surface area (Å²) in [6.07, 6.45) is -3.07. The van der Waals surface area contributed by atoms with E-state index in [9.17, 15) is 27.6 Å². The highest BCUT2D eigenvalue weighted by Crippen LogP contribution is 2.28. The molecule has 0 N–H and O–H groups in total. The average Bonchev–Trinajstić information content (AvgIpc) is 3.15. The first-order chi connectivity index (χ1) is 11.6. The summed E-state index contributed by atoms with van der Waals surface area (Å²) in [4.78, 5) is 39.4. The van der Waals surface area contributed by atoms with Crippen LogP contribution in [0.4, 0.5) is 18.0 Å². The van der Waals surface area contributed by atoms with Crippen molar-refractivity contribution in [1.29, 1.82) is 0 Å². The van der Waals surface area contributed by atoms with E-state index in [0.29, 0.717) is 18.7 Å². The number of amides is 3. The van der Waals surface area contributed by atoms with E-state index in [4.69, 9.17) is 0 Å². The van der Waals surface area contributed by atoms with Gasteiger partial charge < -0.3 is 9.47 Å². The van der Waals surface area contributed by atoms with Gasteiger partial charge in [0.2, 0.25) is 0 Å². The number of carbonyl (C=O) groups is 3. The molecule has 0 aromatic carbocycles. The van der Waals surface area contributed by atoms with Crippen LogP contribution in [0.5, 0.6) is 0 Å². The number of Topliss-reactive ketones (excluding diaryl/α,β-unsaturated/α-hetero) is 1. The number of fused-ring (bicyclic) bond motifs is 1. The molecule has 6 nitrogen and oxygen atoms in total. The number of hydrogen-bond donors (Lipinski definition) is 0. The van der Waals surface area contributed by atoms with Crippen molar-refractivity contribution < 1.29 is 27.6 Å². The molecule has 0 bridgehead atoms. The van der Waals surface area contributed by atoms with Crippen molar-refractivity contribution in [3.63, 3.8) is 0 Å². The van der Waals surface area contributed by atoms with Gasteiger partial charge in [0.15, 0.2) is 5.78 Å². The lowest BCUT2D eigenvalue weighted by atomic mass is 10.1. The summed E-state index contributed by atoms with van der Waals surface area (Å²) in [5.41, 5.74) is 0.590. The highest BCUT2D eigenvalue weighted by atomic mass is 19.4. The number of nitrogens with zero attached hydrogens (tertiary/aromatic N) is 3. The molecule has 1 aromatic rings. The molecule has 0 aliphatic carbocycles. The number of urea groups is 1. The molecule has 0 spiro atoms. The van der Waals surface area contributed by atoms with E-state index < -0.39 is 43.0 Å². The van der Waals surface area contributed by atoms with Gasteiger partial charge in [-0.15, -0.1) is 0 Å². The van der Waals surface area contributed by atoms with Crippen LogP contribution in [0.1, 0.15) is 34.6 Å². The first-order valence-corrected chi connectivity index (χ1v) is 7.99. The van der Waals surface area contributed by atoms with E-state index >= 15 is 0 Å². The molecule has 1 atom stereocenters. The van der Waals surface area contributed by atoms with Crippen LogP contribution in [0.15, 0.2) is 6.07 Å². The minimum atomic E-state index is -4.40. The van der Waals surface area contributed by atoms with Crippen LogP contribution in [-0.4, -0.2) is 57.4 Å². The Hall–Kier alpha value is -2.32. The van der Waals surface area contributed by atoms with Gasteiger partial charge in [0, 0.05) is 23.5 Å². The third-order valence-electron chi connectivity index (χ3n) is 4.79. The summed E-state index contributed by atoms with van der Waals surface area (Å²) in [6, 6.07) is 0.373. The number of halogens is 3. The summed E-state index contributed by atoms with van der Waals surface area (Å²) in [7, 11) is 0. The van der Waals surface area contributed by atoms with Crippen LogP contribution in [0.2, 0.25) is 0 Å². The Morgan fingerprint density at radius 2 is 1.96 bits per heavy atom. The lowest BCUT2D eigenvalue weighted by Gasteiger charge is -2.15. The third-order valence-corrected chi connectivity index (χ3v) is 4.79. The lowest BCUT2D eigenvalue weighted by Crippen LogP contribution is -2.37. The number of alkyl halides is 3. The predicted molar refractivity (Wildman–Crippen MR) is 81.1 cm³/mol. The molecule has 2 fully saturated rings. The average molecular weight is 357 g/mol. The molecule has 0 radical (unpaired) electrons. The lowest BCUT2D eigenvalue weighted by molar-refractivity contribution is -0.141. The van der Waals surface area contributed by atoms with E-state index in [1.807, 2.05) is 0 Å². The Bertz CT molecular complexity index is 732. The predicted octanol–water partition coefficient (Wildman–Crippen LogP) is 2.28. The summed E-state index contributed by atoms with van der Waals surface area (Å²) >= 11 is 0. The van der Waals surface area contributed by atoms with Crippen LogP contribution in [0.25, 0.3) is 0 Å². The van der Waals surface area contributed by atoms with E-state index in [-0.39, 0.29) is 11.3 Å². The summed E-state index contributed by atoms with van der Waals surface area (Å²) in [5, 5.41) is 0. The van der Waals surface area contributed by atoms with Crippen molar-refractivity contribution in [2.75, 3.05) is 13.1 Å². The fourth-order valence-corrected chi connectivity index (χ4v) is 3.56. The molecule has 3 rings (SSSR count). The molecule has 25 heavy (non-hydrogen) atoms. The number of ketones is 1. The maximum atomic E-state index is 12.7. The van der Waals surface area contributed by atoms with Crippen LogP contribution in [-0.2, 0) is 11.3 Å². The molecule has 9 heteroatoms. The molecular weight excluding hydrogens is 339 g/mol. The number of aryl methyl sites for hydroxylation is 1. The van der Waals surface area contributed by atoms with Gasteiger partial charge >= 0.3 is 12.2 Å². The number of aromatic nitrogens is 1. The van der Waals surface area contributed by atoms with Crippen molar-refractivity contribution in [1.82, 2.24) is 14.4 Å². The van der Waals surface area contributed by atoms with Gasteiger partial charge in [-0.1, -0.05) is 0 Å². The number of rotatable bonds is 4. The normalized spacial score (nSPS) is 20.6. The van der Waals surface area contributed by atoms with Gasteiger partial charge in [-0.2, -0.15) is 13.2 Å². The number of hydrogen-bond acceptors (Lipinski definition) is 3. The number of imide groups is 1.